The highest BCUT2D eigenvalue weighted by Crippen LogP contribution is 2.63. The van der Waals surface area contributed by atoms with Crippen molar-refractivity contribution in [3.8, 4) is 0 Å². The van der Waals surface area contributed by atoms with Gasteiger partial charge in [0.2, 0.25) is 0 Å². The number of allylic oxidation sites excluding steroid dienone is 23. The van der Waals surface area contributed by atoms with E-state index in [4.69, 9.17) is 0 Å². The Bertz CT molecular complexity index is 3810. The van der Waals surface area contributed by atoms with E-state index in [1.165, 1.54) is 323 Å². The van der Waals surface area contributed by atoms with Crippen LogP contribution in [0.15, 0.2) is 154 Å². The maximum Gasteiger partial charge on any atom is 0.136 e. The van der Waals surface area contributed by atoms with Crippen LogP contribution >= 0.6 is 0 Å². The molecule has 6 nitrogen and oxygen atoms in total. The van der Waals surface area contributed by atoms with Crippen molar-refractivity contribution in [1.82, 2.24) is 14.7 Å². The Morgan fingerprint density at radius 3 is 1.08 bits per heavy atom. The van der Waals surface area contributed by atoms with Crippen LogP contribution in [0.5, 0.6) is 0 Å². The summed E-state index contributed by atoms with van der Waals surface area (Å²) in [5.74, 6) is 12.3. The van der Waals surface area contributed by atoms with Crippen LogP contribution in [-0.4, -0.2) is 94.0 Å². The van der Waals surface area contributed by atoms with Crippen LogP contribution in [0.3, 0.4) is 0 Å². The first kappa shape index (κ1) is 117. The summed E-state index contributed by atoms with van der Waals surface area (Å²) in [6.45, 7) is 52.6. The Hall–Kier alpha value is -4.49. The Kier molecular flexibility index (Phi) is 54.7. The average Bonchev–Trinajstić information content (AvgIpc) is 1.63. The molecule has 0 radical (unpaired) electrons. The maximum absolute atomic E-state index is 13.2. The van der Waals surface area contributed by atoms with Gasteiger partial charge in [0.25, 0.3) is 0 Å². The Labute approximate surface area is 837 Å². The van der Waals surface area contributed by atoms with Gasteiger partial charge in [0.1, 0.15) is 17.3 Å². The minimum atomic E-state index is 0.198. The lowest BCUT2D eigenvalue weighted by Gasteiger charge is -2.44. The van der Waals surface area contributed by atoms with Crippen molar-refractivity contribution < 1.29 is 14.4 Å². The molecule has 0 aromatic rings. The number of fused-ring (bicyclic) bond motifs is 3. The first-order valence-electron chi connectivity index (χ1n) is 58.0. The molecular weight excluding hydrogens is 1640 g/mol. The SMILES string of the molecule is C=C1CC[C@H](C(=O)CCCCCCCCCCN(C)C)C/C1=C\C=C1/CCC[C@@]2(C)C1CC[C@@H]2[C@H](C)/C=C/[C@H](C)C(C)C.C=C1CC[C@H](C(=O)CCCCCCCCCCN(C)C)C/C1=C\C=C1/CCC[C@@]2(C)C1CC[C@@H]2[C@H](C)CCCC(C)C.C=C1CC[C@H](C(C)=O)C/C1=C\C=C1/CCC[C@@]2(C)C1CC[C@@H]2[C@H](C)/C=C/[C@H](C)C(C)C.CN(C)CCCCC/C=C\CC=C1CCCCCC1. The molecule has 10 aliphatic rings. The smallest absolute Gasteiger partial charge is 0.136 e. The number of rotatable bonds is 49. The number of ketones is 3. The van der Waals surface area contributed by atoms with Gasteiger partial charge in [-0.3, -0.25) is 14.4 Å². The van der Waals surface area contributed by atoms with Gasteiger partial charge in [-0.1, -0.05) is 350 Å². The van der Waals surface area contributed by atoms with E-state index in [0.717, 1.165) is 131 Å². The summed E-state index contributed by atoms with van der Waals surface area (Å²) in [5, 5.41) is 0. The van der Waals surface area contributed by atoms with Crippen molar-refractivity contribution in [2.75, 3.05) is 61.9 Å². The maximum atomic E-state index is 13.2. The Morgan fingerprint density at radius 1 is 0.363 bits per heavy atom. The quantitative estimate of drug-likeness (QED) is 0.0344. The predicted octanol–water partition coefficient (Wildman–Crippen LogP) is 36.9. The molecule has 0 bridgehead atoms. The van der Waals surface area contributed by atoms with Gasteiger partial charge in [0, 0.05) is 30.6 Å². The number of hydrogen-bond acceptors (Lipinski definition) is 6. The summed E-state index contributed by atoms with van der Waals surface area (Å²) in [5.41, 5.74) is 15.9. The third-order valence-corrected chi connectivity index (χ3v) is 36.7. The first-order valence-corrected chi connectivity index (χ1v) is 58.0. The molecule has 6 heteroatoms. The minimum absolute atomic E-state index is 0.198. The highest BCUT2D eigenvalue weighted by molar-refractivity contribution is 5.82. The number of unbranched alkanes of at least 4 members (excludes halogenated alkanes) is 17. The average molecular weight is 1860 g/mol. The van der Waals surface area contributed by atoms with Crippen molar-refractivity contribution >= 4 is 17.3 Å². The summed E-state index contributed by atoms with van der Waals surface area (Å²) in [6, 6.07) is 0. The van der Waals surface area contributed by atoms with Gasteiger partial charge in [-0.05, 0) is 416 Å². The molecule has 766 valence electrons. The largest absolute Gasteiger partial charge is 0.309 e. The number of carbonyl (C=O) groups excluding carboxylic acids is 3. The fourth-order valence-electron chi connectivity index (χ4n) is 26.8. The van der Waals surface area contributed by atoms with Crippen molar-refractivity contribution in [2.24, 2.45) is 117 Å². The number of hydrogen-bond donors (Lipinski definition) is 0. The first-order chi connectivity index (χ1) is 64.6. The lowest BCUT2D eigenvalue weighted by Crippen LogP contribution is -2.36. The van der Waals surface area contributed by atoms with E-state index in [-0.39, 0.29) is 17.8 Å². The second-order valence-corrected chi connectivity index (χ2v) is 49.2. The zero-order valence-electron chi connectivity index (χ0n) is 92.7. The summed E-state index contributed by atoms with van der Waals surface area (Å²) < 4.78 is 0. The molecule has 17 atom stereocenters. The highest BCUT2D eigenvalue weighted by atomic mass is 16.1. The predicted molar refractivity (Wildman–Crippen MR) is 592 cm³/mol. The Morgan fingerprint density at radius 2 is 0.711 bits per heavy atom. The van der Waals surface area contributed by atoms with E-state index < -0.39 is 0 Å². The van der Waals surface area contributed by atoms with Crippen molar-refractivity contribution in [3.63, 3.8) is 0 Å². The molecule has 0 spiro atoms. The third kappa shape index (κ3) is 40.3. The second kappa shape index (κ2) is 62.8. The molecule has 0 aromatic heterocycles. The molecule has 10 rings (SSSR count). The fraction of sp³-hybridized carbons (Fsp3) is 0.775. The van der Waals surface area contributed by atoms with Crippen LogP contribution in [0, 0.1) is 117 Å². The summed E-state index contributed by atoms with van der Waals surface area (Å²) in [4.78, 5) is 45.0. The fourth-order valence-corrected chi connectivity index (χ4v) is 26.8. The van der Waals surface area contributed by atoms with Gasteiger partial charge in [-0.25, -0.2) is 0 Å². The molecular formula is C129H217N3O3. The zero-order valence-corrected chi connectivity index (χ0v) is 92.7. The van der Waals surface area contributed by atoms with Gasteiger partial charge in [0.15, 0.2) is 0 Å². The van der Waals surface area contributed by atoms with Crippen molar-refractivity contribution in [2.45, 2.75) is 463 Å². The molecule has 10 fully saturated rings. The molecule has 0 N–H and O–H groups in total. The van der Waals surface area contributed by atoms with Crippen LogP contribution in [0.1, 0.15) is 463 Å². The minimum Gasteiger partial charge on any atom is -0.309 e. The summed E-state index contributed by atoms with van der Waals surface area (Å²) in [6.07, 6.45) is 102. The van der Waals surface area contributed by atoms with E-state index in [9.17, 15) is 14.4 Å². The molecule has 10 saturated carbocycles. The third-order valence-electron chi connectivity index (χ3n) is 36.7. The molecule has 3 unspecified atom stereocenters. The van der Waals surface area contributed by atoms with E-state index in [1.807, 2.05) is 0 Å². The number of Topliss-reactive ketones (excluding diaryl/α,β-unsaturated/α-hetero) is 3. The van der Waals surface area contributed by atoms with Crippen LogP contribution in [-0.2, 0) is 14.4 Å². The van der Waals surface area contributed by atoms with Gasteiger partial charge in [-0.2, -0.15) is 0 Å². The number of nitrogens with zero attached hydrogens (tertiary/aromatic N) is 3. The van der Waals surface area contributed by atoms with E-state index in [1.54, 1.807) is 29.2 Å². The molecule has 0 saturated heterocycles. The van der Waals surface area contributed by atoms with Crippen LogP contribution in [0.25, 0.3) is 0 Å². The van der Waals surface area contributed by atoms with Crippen molar-refractivity contribution in [1.29, 1.82) is 0 Å². The van der Waals surface area contributed by atoms with Gasteiger partial charge < -0.3 is 14.7 Å². The van der Waals surface area contributed by atoms with Crippen LogP contribution in [0.4, 0.5) is 0 Å². The molecule has 0 aromatic carbocycles. The van der Waals surface area contributed by atoms with Gasteiger partial charge in [0.05, 0.1) is 0 Å². The molecule has 135 heavy (non-hydrogen) atoms. The topological polar surface area (TPSA) is 60.9 Å². The monoisotopic (exact) mass is 1860 g/mol. The molecule has 10 aliphatic carbocycles. The molecule has 0 heterocycles. The standard InChI is InChI=1S/C41H69NO.C40H69NO.C30H46O.C18H33N/c1-31(2)32(3)20-21-34(5)38-26-27-39-35(18-17-28-41(38,39)6)24-25-36-30-37(23-22-33(36)4)40(43)19-15-13-11-9-10-12-14-16-29-42(7)8;1-31(2)18-16-19-33(4)37-26-27-38-34(20-17-28-40(37,38)5)24-25-35-30-36(23-22-32(35)3)39(42)21-14-12-10-8-9-11-13-15-29-41(6)7;1-20(2)21(3)10-11-23(5)28-16-17-29-25(9-8-18-30(28,29)7)14-15-26-19-27(24(6)31)13-12-22(26)4;1-19(2)17-13-9-5-3-4-6-10-14-18-15-11-7-8-12-16-18/h20-21,24-25,31-32,34,37-39H,4,9-19,22-23,26-30H2,1-3,5-8H3;24-25,31,33,36-38H,3,8-23,26-30H2,1-2,4-7H3;10-11,14-15,20-21,23,27-29H,4,8-9,12-13,16-19H2,1-3,5-7H3;4,6,14H,3,5,7-13,15-17H2,1-2H3/b21-20+,35-24+,36-25+;34-24+,35-25+;11-10+,25-14+,26-15+;6-4-/t32-,34+,37-,38+,39?,41+;33-,36+,37-,38?,40-;21-,23+,27-,28+,29?,30+;/m010./s1. The van der Waals surface area contributed by atoms with Crippen LogP contribution < -0.4 is 0 Å². The number of carbonyl (C=O) groups is 3. The zero-order chi connectivity index (χ0) is 98.5. The lowest BCUT2D eigenvalue weighted by atomic mass is 9.60. The van der Waals surface area contributed by atoms with Crippen molar-refractivity contribution in [3.05, 3.63) is 154 Å². The van der Waals surface area contributed by atoms with Gasteiger partial charge in [-0.15, -0.1) is 0 Å². The highest BCUT2D eigenvalue weighted by Gasteiger charge is 2.53. The summed E-state index contributed by atoms with van der Waals surface area (Å²) in [7, 11) is 12.9. The second-order valence-electron chi connectivity index (χ2n) is 49.2. The molecule has 0 amide bonds. The normalized spacial score (nSPS) is 29.3. The van der Waals surface area contributed by atoms with Gasteiger partial charge >= 0.3 is 0 Å². The summed E-state index contributed by atoms with van der Waals surface area (Å²) >= 11 is 0. The van der Waals surface area contributed by atoms with E-state index in [0.29, 0.717) is 75.0 Å². The molecule has 0 aliphatic heterocycles. The van der Waals surface area contributed by atoms with E-state index >= 15 is 0 Å². The van der Waals surface area contributed by atoms with E-state index in [2.05, 4.69) is 253 Å². The lowest BCUT2D eigenvalue weighted by molar-refractivity contribution is -0.124. The Balaban J connectivity index is 0.000000254. The van der Waals surface area contributed by atoms with Crippen LogP contribution in [0.2, 0.25) is 0 Å².